The maximum absolute atomic E-state index is 12.6. The number of thiazole rings is 1. The van der Waals surface area contributed by atoms with Crippen molar-refractivity contribution in [3.05, 3.63) is 88.9 Å². The molecule has 0 spiro atoms. The van der Waals surface area contributed by atoms with E-state index in [4.69, 9.17) is 19.2 Å². The largest absolute Gasteiger partial charge is 0.465 e. The van der Waals surface area contributed by atoms with E-state index in [0.29, 0.717) is 30.9 Å². The number of methoxy groups -OCH3 is 1. The molecule has 1 saturated carbocycles. The van der Waals surface area contributed by atoms with Gasteiger partial charge in [-0.15, -0.1) is 0 Å². The summed E-state index contributed by atoms with van der Waals surface area (Å²) in [6.07, 6.45) is 7.09. The zero-order valence-corrected chi connectivity index (χ0v) is 22.1. The first-order valence-electron chi connectivity index (χ1n) is 13.0. The average Bonchev–Trinajstić information content (AvgIpc) is 3.44. The van der Waals surface area contributed by atoms with Crippen molar-refractivity contribution in [1.29, 1.82) is 0 Å². The van der Waals surface area contributed by atoms with Crippen LogP contribution in [0.1, 0.15) is 54.8 Å². The Morgan fingerprint density at radius 1 is 1.03 bits per heavy atom. The first-order valence-corrected chi connectivity index (χ1v) is 13.9. The summed E-state index contributed by atoms with van der Waals surface area (Å²) in [6.45, 7) is 1.51. The summed E-state index contributed by atoms with van der Waals surface area (Å²) in [4.78, 5) is 19.2. The summed E-state index contributed by atoms with van der Waals surface area (Å²) >= 11 is 1.47. The molecule has 1 aliphatic heterocycles. The number of aromatic nitrogens is 1. The van der Waals surface area contributed by atoms with E-state index in [1.165, 1.54) is 24.0 Å². The Morgan fingerprint density at radius 2 is 1.76 bits per heavy atom. The van der Waals surface area contributed by atoms with E-state index in [1.807, 2.05) is 35.7 Å². The predicted molar refractivity (Wildman–Crippen MR) is 146 cm³/mol. The predicted octanol–water partition coefficient (Wildman–Crippen LogP) is 6.69. The molecule has 37 heavy (non-hydrogen) atoms. The SMILES string of the molecule is COC(=O)N1CCC=C(c2csc(OCc3ccccc3)n2)C1COC1CCC(c2ccccc2)CC1. The highest BCUT2D eigenvalue weighted by Gasteiger charge is 2.33. The lowest BCUT2D eigenvalue weighted by Crippen LogP contribution is -2.46. The second-order valence-corrected chi connectivity index (χ2v) is 10.4. The lowest BCUT2D eigenvalue weighted by atomic mass is 9.83. The van der Waals surface area contributed by atoms with Gasteiger partial charge in [0.2, 0.25) is 0 Å². The molecular formula is C30H34N2O4S. The van der Waals surface area contributed by atoms with Crippen LogP contribution < -0.4 is 4.74 Å². The maximum atomic E-state index is 12.6. The molecule has 2 heterocycles. The minimum absolute atomic E-state index is 0.197. The van der Waals surface area contributed by atoms with Crippen molar-refractivity contribution in [2.75, 3.05) is 20.3 Å². The molecule has 0 saturated heterocycles. The number of hydrogen-bond acceptors (Lipinski definition) is 6. The monoisotopic (exact) mass is 518 g/mol. The first-order chi connectivity index (χ1) is 18.2. The third kappa shape index (κ3) is 6.40. The third-order valence-corrected chi connectivity index (χ3v) is 8.05. The Labute approximate surface area is 222 Å². The van der Waals surface area contributed by atoms with Crippen LogP contribution in [0.2, 0.25) is 0 Å². The number of rotatable bonds is 8. The van der Waals surface area contributed by atoms with Gasteiger partial charge in [0.05, 0.1) is 31.6 Å². The smallest absolute Gasteiger partial charge is 0.410 e. The van der Waals surface area contributed by atoms with Crippen LogP contribution in [0.3, 0.4) is 0 Å². The van der Waals surface area contributed by atoms with Crippen LogP contribution in [0.15, 0.2) is 72.1 Å². The summed E-state index contributed by atoms with van der Waals surface area (Å²) < 4.78 is 17.5. The number of nitrogens with zero attached hydrogens (tertiary/aromatic N) is 2. The molecular weight excluding hydrogens is 484 g/mol. The summed E-state index contributed by atoms with van der Waals surface area (Å²) in [5.41, 5.74) is 4.36. The van der Waals surface area contributed by atoms with Crippen LogP contribution in [0, 0.1) is 0 Å². The molecule has 0 bridgehead atoms. The van der Waals surface area contributed by atoms with Crippen molar-refractivity contribution in [1.82, 2.24) is 9.88 Å². The Hall–Kier alpha value is -3.16. The van der Waals surface area contributed by atoms with Crippen molar-refractivity contribution in [3.8, 4) is 5.19 Å². The van der Waals surface area contributed by atoms with Gasteiger partial charge in [-0.2, -0.15) is 0 Å². The fourth-order valence-corrected chi connectivity index (χ4v) is 5.98. The van der Waals surface area contributed by atoms with Crippen molar-refractivity contribution >= 4 is 23.0 Å². The van der Waals surface area contributed by atoms with Gasteiger partial charge in [0.15, 0.2) is 0 Å². The molecule has 7 heteroatoms. The normalized spacial score (nSPS) is 21.8. The molecule has 5 rings (SSSR count). The van der Waals surface area contributed by atoms with Crippen LogP contribution in [0.5, 0.6) is 5.19 Å². The summed E-state index contributed by atoms with van der Waals surface area (Å²) in [5, 5.41) is 2.62. The minimum atomic E-state index is -0.331. The van der Waals surface area contributed by atoms with Crippen LogP contribution >= 0.6 is 11.3 Å². The van der Waals surface area contributed by atoms with Crippen LogP contribution in [0.25, 0.3) is 5.57 Å². The van der Waals surface area contributed by atoms with Gasteiger partial charge in [0.25, 0.3) is 5.19 Å². The standard InChI is InChI=1S/C30H34N2O4S/c1-34-30(33)32-18-8-13-26(27-21-37-29(31-27)36-19-22-9-4-2-5-10-22)28(32)20-35-25-16-14-24(15-17-25)23-11-6-3-7-12-23/h2-7,9-13,21,24-25,28H,8,14-20H2,1H3. The zero-order chi connectivity index (χ0) is 25.5. The van der Waals surface area contributed by atoms with Crippen molar-refractivity contribution in [2.24, 2.45) is 0 Å². The Balaban J connectivity index is 1.23. The molecule has 2 aromatic carbocycles. The molecule has 1 aromatic heterocycles. The van der Waals surface area contributed by atoms with Crippen molar-refractivity contribution in [2.45, 2.75) is 56.8 Å². The van der Waals surface area contributed by atoms with E-state index < -0.39 is 0 Å². The summed E-state index contributed by atoms with van der Waals surface area (Å²) in [6, 6.07) is 20.6. The van der Waals surface area contributed by atoms with Crippen molar-refractivity contribution in [3.63, 3.8) is 0 Å². The van der Waals surface area contributed by atoms with E-state index in [1.54, 1.807) is 4.90 Å². The van der Waals surface area contributed by atoms with Gasteiger partial charge < -0.3 is 14.2 Å². The Bertz CT molecular complexity index is 1170. The molecule has 194 valence electrons. The lowest BCUT2D eigenvalue weighted by molar-refractivity contribution is 0.000162. The summed E-state index contributed by atoms with van der Waals surface area (Å²) in [5.74, 6) is 0.599. The van der Waals surface area contributed by atoms with Gasteiger partial charge in [0.1, 0.15) is 6.61 Å². The highest BCUT2D eigenvalue weighted by molar-refractivity contribution is 7.11. The van der Waals surface area contributed by atoms with E-state index in [2.05, 4.69) is 36.4 Å². The number of amides is 1. The zero-order valence-electron chi connectivity index (χ0n) is 21.3. The van der Waals surface area contributed by atoms with Gasteiger partial charge in [-0.25, -0.2) is 9.78 Å². The fraction of sp³-hybridized carbons (Fsp3) is 0.400. The average molecular weight is 519 g/mol. The number of ether oxygens (including phenoxy) is 3. The quantitative estimate of drug-likeness (QED) is 0.333. The van der Waals surface area contributed by atoms with E-state index in [9.17, 15) is 4.79 Å². The van der Waals surface area contributed by atoms with Gasteiger partial charge >= 0.3 is 6.09 Å². The van der Waals surface area contributed by atoms with Crippen LogP contribution in [-0.2, 0) is 16.1 Å². The third-order valence-electron chi connectivity index (χ3n) is 7.30. The molecule has 0 N–H and O–H groups in total. The van der Waals surface area contributed by atoms with Gasteiger partial charge in [-0.3, -0.25) is 4.90 Å². The molecule has 3 aromatic rings. The highest BCUT2D eigenvalue weighted by atomic mass is 32.1. The van der Waals surface area contributed by atoms with Crippen LogP contribution in [-0.4, -0.2) is 48.4 Å². The minimum Gasteiger partial charge on any atom is -0.465 e. The molecule has 1 fully saturated rings. The van der Waals surface area contributed by atoms with Crippen LogP contribution in [0.4, 0.5) is 4.79 Å². The molecule has 2 aliphatic rings. The van der Waals surface area contributed by atoms with Gasteiger partial charge in [-0.1, -0.05) is 78.1 Å². The topological polar surface area (TPSA) is 60.9 Å². The molecule has 1 aliphatic carbocycles. The van der Waals surface area contributed by atoms with Gasteiger partial charge in [-0.05, 0) is 54.7 Å². The van der Waals surface area contributed by atoms with E-state index in [-0.39, 0.29) is 18.2 Å². The molecule has 1 atom stereocenters. The number of hydrogen-bond donors (Lipinski definition) is 0. The van der Waals surface area contributed by atoms with E-state index in [0.717, 1.165) is 48.9 Å². The number of carbonyl (C=O) groups excluding carboxylic acids is 1. The molecule has 0 radical (unpaired) electrons. The second-order valence-electron chi connectivity index (χ2n) is 9.62. The molecule has 1 amide bonds. The number of benzene rings is 2. The number of carbonyl (C=O) groups is 1. The molecule has 1 unspecified atom stereocenters. The van der Waals surface area contributed by atoms with E-state index >= 15 is 0 Å². The molecule has 6 nitrogen and oxygen atoms in total. The van der Waals surface area contributed by atoms with Gasteiger partial charge in [0, 0.05) is 11.9 Å². The summed E-state index contributed by atoms with van der Waals surface area (Å²) in [7, 11) is 1.43. The Morgan fingerprint density at radius 3 is 2.49 bits per heavy atom. The highest BCUT2D eigenvalue weighted by Crippen LogP contribution is 2.36. The Kier molecular flexibility index (Phi) is 8.53. The fourth-order valence-electron chi connectivity index (χ4n) is 5.30. The second kappa shape index (κ2) is 12.4. The first kappa shape index (κ1) is 25.5. The maximum Gasteiger partial charge on any atom is 0.410 e. The van der Waals surface area contributed by atoms with Crippen molar-refractivity contribution < 1.29 is 19.0 Å². The lowest BCUT2D eigenvalue weighted by Gasteiger charge is -2.36.